The molecule has 5 heteroatoms. The number of aliphatic hydroxyl groups excluding tert-OH is 1. The SMILES string of the molecule is O=C(O)C1(C(=O)NC2CCCCC2O)CCC1. The van der Waals surface area contributed by atoms with Gasteiger partial charge in [-0.2, -0.15) is 0 Å². The molecular weight excluding hydrogens is 222 g/mol. The third-order valence-electron chi connectivity index (χ3n) is 4.10. The van der Waals surface area contributed by atoms with Crippen molar-refractivity contribution in [1.29, 1.82) is 0 Å². The van der Waals surface area contributed by atoms with Crippen molar-refractivity contribution in [3.05, 3.63) is 0 Å². The lowest BCUT2D eigenvalue weighted by molar-refractivity contribution is -0.162. The second-order valence-corrected chi connectivity index (χ2v) is 5.17. The zero-order valence-electron chi connectivity index (χ0n) is 9.82. The number of aliphatic hydroxyl groups is 1. The molecule has 0 bridgehead atoms. The molecule has 0 heterocycles. The summed E-state index contributed by atoms with van der Waals surface area (Å²) in [5.74, 6) is -1.45. The summed E-state index contributed by atoms with van der Waals surface area (Å²) in [6, 6.07) is -0.270. The summed E-state index contributed by atoms with van der Waals surface area (Å²) in [6.07, 6.45) is 4.45. The third kappa shape index (κ3) is 2.16. The largest absolute Gasteiger partial charge is 0.480 e. The van der Waals surface area contributed by atoms with Crippen LogP contribution in [0.15, 0.2) is 0 Å². The highest BCUT2D eigenvalue weighted by atomic mass is 16.4. The smallest absolute Gasteiger partial charge is 0.319 e. The van der Waals surface area contributed by atoms with Crippen molar-refractivity contribution in [2.24, 2.45) is 5.41 Å². The average molecular weight is 241 g/mol. The maximum absolute atomic E-state index is 12.0. The van der Waals surface area contributed by atoms with Gasteiger partial charge in [0.2, 0.25) is 5.91 Å². The molecule has 0 radical (unpaired) electrons. The van der Waals surface area contributed by atoms with E-state index in [1.807, 2.05) is 0 Å². The molecule has 3 N–H and O–H groups in total. The molecule has 5 nitrogen and oxygen atoms in total. The number of aliphatic carboxylic acids is 1. The summed E-state index contributed by atoms with van der Waals surface area (Å²) >= 11 is 0. The van der Waals surface area contributed by atoms with E-state index >= 15 is 0 Å². The summed E-state index contributed by atoms with van der Waals surface area (Å²) < 4.78 is 0. The Balaban J connectivity index is 1.98. The highest BCUT2D eigenvalue weighted by Crippen LogP contribution is 2.41. The van der Waals surface area contributed by atoms with E-state index in [9.17, 15) is 14.7 Å². The van der Waals surface area contributed by atoms with E-state index in [2.05, 4.69) is 5.32 Å². The van der Waals surface area contributed by atoms with Gasteiger partial charge in [0.25, 0.3) is 0 Å². The van der Waals surface area contributed by atoms with Gasteiger partial charge >= 0.3 is 5.97 Å². The van der Waals surface area contributed by atoms with E-state index in [1.54, 1.807) is 0 Å². The fourth-order valence-corrected chi connectivity index (χ4v) is 2.65. The van der Waals surface area contributed by atoms with Crippen LogP contribution in [0.3, 0.4) is 0 Å². The molecule has 2 aliphatic carbocycles. The Morgan fingerprint density at radius 1 is 1.12 bits per heavy atom. The lowest BCUT2D eigenvalue weighted by Crippen LogP contribution is -2.56. The van der Waals surface area contributed by atoms with E-state index in [1.165, 1.54) is 0 Å². The minimum Gasteiger partial charge on any atom is -0.480 e. The van der Waals surface area contributed by atoms with Crippen LogP contribution in [0.25, 0.3) is 0 Å². The van der Waals surface area contributed by atoms with Crippen molar-refractivity contribution in [3.8, 4) is 0 Å². The predicted octanol–water partition coefficient (Wildman–Crippen LogP) is 0.661. The molecule has 0 saturated heterocycles. The lowest BCUT2D eigenvalue weighted by atomic mass is 9.68. The summed E-state index contributed by atoms with van der Waals surface area (Å²) in [5, 5.41) is 21.6. The monoisotopic (exact) mass is 241 g/mol. The van der Waals surface area contributed by atoms with Crippen LogP contribution in [0, 0.1) is 5.41 Å². The van der Waals surface area contributed by atoms with Crippen molar-refractivity contribution in [1.82, 2.24) is 5.32 Å². The molecule has 1 amide bonds. The Morgan fingerprint density at radius 2 is 1.76 bits per heavy atom. The number of carbonyl (C=O) groups excluding carboxylic acids is 1. The van der Waals surface area contributed by atoms with Crippen LogP contribution in [0.1, 0.15) is 44.9 Å². The van der Waals surface area contributed by atoms with Gasteiger partial charge < -0.3 is 15.5 Å². The normalized spacial score (nSPS) is 31.4. The average Bonchev–Trinajstić information content (AvgIpc) is 2.19. The van der Waals surface area contributed by atoms with Crippen molar-refractivity contribution in [2.45, 2.75) is 57.1 Å². The van der Waals surface area contributed by atoms with Gasteiger partial charge in [-0.3, -0.25) is 9.59 Å². The number of carboxylic acids is 1. The fourth-order valence-electron chi connectivity index (χ4n) is 2.65. The zero-order chi connectivity index (χ0) is 12.5. The summed E-state index contributed by atoms with van der Waals surface area (Å²) in [4.78, 5) is 23.1. The molecule has 96 valence electrons. The second kappa shape index (κ2) is 4.64. The molecule has 2 saturated carbocycles. The van der Waals surface area contributed by atoms with E-state index in [0.29, 0.717) is 19.3 Å². The Labute approximate surface area is 100 Å². The molecule has 17 heavy (non-hydrogen) atoms. The van der Waals surface area contributed by atoms with Gasteiger partial charge in [-0.15, -0.1) is 0 Å². The first-order valence-electron chi connectivity index (χ1n) is 6.29. The number of carboxylic acid groups (broad SMARTS) is 1. The molecule has 2 atom stereocenters. The van der Waals surface area contributed by atoms with Crippen LogP contribution in [-0.2, 0) is 9.59 Å². The number of carbonyl (C=O) groups is 2. The molecule has 0 aromatic carbocycles. The molecule has 0 aromatic heterocycles. The van der Waals surface area contributed by atoms with Crippen LogP contribution in [0.2, 0.25) is 0 Å². The maximum Gasteiger partial charge on any atom is 0.319 e. The first-order chi connectivity index (χ1) is 8.06. The molecular formula is C12H19NO4. The number of rotatable bonds is 3. The molecule has 0 spiro atoms. The van der Waals surface area contributed by atoms with Crippen LogP contribution in [0.4, 0.5) is 0 Å². The van der Waals surface area contributed by atoms with Gasteiger partial charge in [-0.05, 0) is 25.7 Å². The first-order valence-corrected chi connectivity index (χ1v) is 6.29. The van der Waals surface area contributed by atoms with E-state index in [4.69, 9.17) is 5.11 Å². The molecule has 0 aliphatic heterocycles. The topological polar surface area (TPSA) is 86.6 Å². The Hall–Kier alpha value is -1.10. The quantitative estimate of drug-likeness (QED) is 0.633. The van der Waals surface area contributed by atoms with Crippen LogP contribution < -0.4 is 5.32 Å². The van der Waals surface area contributed by atoms with Gasteiger partial charge in [0.1, 0.15) is 5.41 Å². The van der Waals surface area contributed by atoms with Crippen LogP contribution in [-0.4, -0.2) is 34.2 Å². The maximum atomic E-state index is 12.0. The number of amides is 1. The second-order valence-electron chi connectivity index (χ2n) is 5.17. The fraction of sp³-hybridized carbons (Fsp3) is 0.833. The Kier molecular flexibility index (Phi) is 3.38. The highest BCUT2D eigenvalue weighted by Gasteiger charge is 2.51. The van der Waals surface area contributed by atoms with Crippen molar-refractivity contribution in [3.63, 3.8) is 0 Å². The van der Waals surface area contributed by atoms with E-state index in [0.717, 1.165) is 25.7 Å². The highest BCUT2D eigenvalue weighted by molar-refractivity contribution is 6.02. The summed E-state index contributed by atoms with van der Waals surface area (Å²) in [5.41, 5.74) is -1.23. The number of hydrogen-bond donors (Lipinski definition) is 3. The molecule has 2 unspecified atom stereocenters. The van der Waals surface area contributed by atoms with Crippen molar-refractivity contribution < 1.29 is 19.8 Å². The number of hydrogen-bond acceptors (Lipinski definition) is 3. The van der Waals surface area contributed by atoms with Crippen molar-refractivity contribution >= 4 is 11.9 Å². The zero-order valence-corrected chi connectivity index (χ0v) is 9.82. The lowest BCUT2D eigenvalue weighted by Gasteiger charge is -2.38. The van der Waals surface area contributed by atoms with E-state index in [-0.39, 0.29) is 6.04 Å². The minimum atomic E-state index is -1.23. The minimum absolute atomic E-state index is 0.270. The third-order valence-corrected chi connectivity index (χ3v) is 4.10. The van der Waals surface area contributed by atoms with Gasteiger partial charge in [-0.25, -0.2) is 0 Å². The molecule has 0 aromatic rings. The molecule has 2 aliphatic rings. The summed E-state index contributed by atoms with van der Waals surface area (Å²) in [7, 11) is 0. The van der Waals surface area contributed by atoms with Gasteiger partial charge in [0.15, 0.2) is 0 Å². The van der Waals surface area contributed by atoms with Gasteiger partial charge in [0, 0.05) is 0 Å². The molecule has 2 fully saturated rings. The van der Waals surface area contributed by atoms with E-state index < -0.39 is 23.4 Å². The van der Waals surface area contributed by atoms with Gasteiger partial charge in [-0.1, -0.05) is 19.3 Å². The van der Waals surface area contributed by atoms with Crippen molar-refractivity contribution in [2.75, 3.05) is 0 Å². The standard InChI is InChI=1S/C12H19NO4/c14-9-5-2-1-4-8(9)13-10(15)12(11(16)17)6-3-7-12/h8-9,14H,1-7H2,(H,13,15)(H,16,17). The number of nitrogens with one attached hydrogen (secondary N) is 1. The Bertz CT molecular complexity index is 324. The van der Waals surface area contributed by atoms with Crippen LogP contribution in [0.5, 0.6) is 0 Å². The molecule has 2 rings (SSSR count). The van der Waals surface area contributed by atoms with Crippen LogP contribution >= 0.6 is 0 Å². The van der Waals surface area contributed by atoms with Gasteiger partial charge in [0.05, 0.1) is 12.1 Å². The predicted molar refractivity (Wildman–Crippen MR) is 60.3 cm³/mol. The Morgan fingerprint density at radius 3 is 2.24 bits per heavy atom. The first kappa shape index (κ1) is 12.4. The summed E-state index contributed by atoms with van der Waals surface area (Å²) in [6.45, 7) is 0.